The molecule has 8 nitrogen and oxygen atoms in total. The number of fused-ring (bicyclic) bond motifs is 1. The minimum atomic E-state index is -0.810. The van der Waals surface area contributed by atoms with E-state index in [1.54, 1.807) is 7.11 Å². The fourth-order valence-corrected chi connectivity index (χ4v) is 4.88. The Kier molecular flexibility index (Phi) is 5.25. The fraction of sp³-hybridized carbons (Fsp3) is 0.120. The van der Waals surface area contributed by atoms with Crippen molar-refractivity contribution in [1.29, 1.82) is 0 Å². The second-order valence-corrected chi connectivity index (χ2v) is 8.84. The largest absolute Gasteiger partial charge is 0.539 e. The number of nitrogens with zero attached hydrogens (tertiary/aromatic N) is 3. The summed E-state index contributed by atoms with van der Waals surface area (Å²) in [6.07, 6.45) is 0. The monoisotopic (exact) mass is 472 g/mol. The molecule has 0 amide bonds. The van der Waals surface area contributed by atoms with Gasteiger partial charge in [0.05, 0.1) is 23.8 Å². The third-order valence-corrected chi connectivity index (χ3v) is 6.73. The lowest BCUT2D eigenvalue weighted by Gasteiger charge is -2.10. The quantitative estimate of drug-likeness (QED) is 0.306. The summed E-state index contributed by atoms with van der Waals surface area (Å²) >= 11 is 1.14. The van der Waals surface area contributed by atoms with Crippen molar-refractivity contribution in [2.24, 2.45) is 7.05 Å². The summed E-state index contributed by atoms with van der Waals surface area (Å²) in [5, 5.41) is 16.3. The first kappa shape index (κ1) is 21.6. The number of anilines is 1. The van der Waals surface area contributed by atoms with Crippen LogP contribution in [0.1, 0.15) is 20.9 Å². The van der Waals surface area contributed by atoms with Crippen LogP contribution in [0.15, 0.2) is 59.1 Å². The molecule has 0 unspecified atom stereocenters. The third kappa shape index (κ3) is 3.56. The number of aromatic nitrogens is 3. The van der Waals surface area contributed by atoms with Crippen molar-refractivity contribution in [2.45, 2.75) is 6.92 Å². The van der Waals surface area contributed by atoms with Crippen molar-refractivity contribution in [3.63, 3.8) is 0 Å². The van der Waals surface area contributed by atoms with Gasteiger partial charge in [-0.05, 0) is 48.4 Å². The van der Waals surface area contributed by atoms with Gasteiger partial charge in [-0.1, -0.05) is 34.5 Å². The Morgan fingerprint density at radius 1 is 1.12 bits per heavy atom. The molecule has 34 heavy (non-hydrogen) atoms. The lowest BCUT2D eigenvalue weighted by Crippen LogP contribution is -2.37. The molecule has 3 aromatic heterocycles. The van der Waals surface area contributed by atoms with Crippen LogP contribution in [-0.2, 0) is 7.05 Å². The van der Waals surface area contributed by atoms with Crippen LogP contribution in [0.25, 0.3) is 32.6 Å². The van der Waals surface area contributed by atoms with Crippen molar-refractivity contribution >= 4 is 33.0 Å². The maximum Gasteiger partial charge on any atom is 0.305 e. The second-order valence-electron chi connectivity index (χ2n) is 7.84. The topological polar surface area (TPSA) is 118 Å². The van der Waals surface area contributed by atoms with Crippen LogP contribution in [-0.4, -0.2) is 23.1 Å². The van der Waals surface area contributed by atoms with Gasteiger partial charge in [-0.3, -0.25) is 4.79 Å². The Balaban J connectivity index is 1.75. The number of benzene rings is 2. The average Bonchev–Trinajstić information content (AvgIpc) is 3.37. The molecule has 0 spiro atoms. The SMILES string of the molecule is COc1ccc(-c2cc(-c3ccc(C)cc3)c3c(N)c(C(=O)c4c([O-])on[n+]4C)sc3n2)cc1. The molecule has 0 saturated carbocycles. The highest BCUT2D eigenvalue weighted by Gasteiger charge is 2.30. The van der Waals surface area contributed by atoms with Gasteiger partial charge in [0.25, 0.3) is 5.78 Å². The number of nitrogen functional groups attached to an aromatic ring is 1. The maximum absolute atomic E-state index is 13.2. The smallest absolute Gasteiger partial charge is 0.305 e. The number of carbonyl (C=O) groups excluding carboxylic acids is 1. The summed E-state index contributed by atoms with van der Waals surface area (Å²) in [7, 11) is 3.09. The molecule has 5 aromatic rings. The van der Waals surface area contributed by atoms with Crippen molar-refractivity contribution in [1.82, 2.24) is 10.3 Å². The molecule has 0 radical (unpaired) electrons. The molecule has 2 N–H and O–H groups in total. The number of aryl methyl sites for hydroxylation is 2. The molecule has 3 heterocycles. The normalized spacial score (nSPS) is 11.1. The van der Waals surface area contributed by atoms with Gasteiger partial charge >= 0.3 is 5.69 Å². The number of ketones is 1. The fourth-order valence-electron chi connectivity index (χ4n) is 3.82. The molecule has 0 aliphatic heterocycles. The van der Waals surface area contributed by atoms with E-state index in [4.69, 9.17) is 15.5 Å². The molecule has 0 aliphatic carbocycles. The van der Waals surface area contributed by atoms with Crippen LogP contribution in [0.4, 0.5) is 5.69 Å². The van der Waals surface area contributed by atoms with Crippen molar-refractivity contribution < 1.29 is 23.8 Å². The molecule has 0 aliphatic rings. The van der Waals surface area contributed by atoms with E-state index >= 15 is 0 Å². The highest BCUT2D eigenvalue weighted by Crippen LogP contribution is 2.42. The van der Waals surface area contributed by atoms with E-state index in [0.717, 1.165) is 49.7 Å². The number of methoxy groups -OCH3 is 1. The minimum Gasteiger partial charge on any atom is -0.539 e. The lowest BCUT2D eigenvalue weighted by atomic mass is 9.98. The van der Waals surface area contributed by atoms with Crippen LogP contribution in [0, 0.1) is 6.92 Å². The molecule has 170 valence electrons. The van der Waals surface area contributed by atoms with Gasteiger partial charge < -0.3 is 20.1 Å². The Labute approximate surface area is 198 Å². The number of nitrogens with two attached hydrogens (primary N) is 1. The van der Waals surface area contributed by atoms with Gasteiger partial charge in [-0.2, -0.15) is 0 Å². The summed E-state index contributed by atoms with van der Waals surface area (Å²) in [4.78, 5) is 18.9. The number of carbonyl (C=O) groups is 1. The molecule has 5 rings (SSSR count). The van der Waals surface area contributed by atoms with E-state index in [2.05, 4.69) is 9.79 Å². The highest BCUT2D eigenvalue weighted by atomic mass is 32.1. The number of ether oxygens (including phenoxy) is 1. The number of pyridine rings is 1. The van der Waals surface area contributed by atoms with Gasteiger partial charge in [0, 0.05) is 10.9 Å². The first-order valence-electron chi connectivity index (χ1n) is 10.4. The predicted molar refractivity (Wildman–Crippen MR) is 127 cm³/mol. The average molecular weight is 473 g/mol. The van der Waals surface area contributed by atoms with Crippen molar-refractivity contribution in [2.75, 3.05) is 12.8 Å². The molecule has 0 bridgehead atoms. The molecule has 9 heteroatoms. The Bertz CT molecular complexity index is 1520. The zero-order valence-corrected chi connectivity index (χ0v) is 19.5. The second kappa shape index (κ2) is 8.27. The summed E-state index contributed by atoms with van der Waals surface area (Å²) in [5.74, 6) is -0.614. The van der Waals surface area contributed by atoms with Crippen LogP contribution < -0.4 is 20.3 Å². The van der Waals surface area contributed by atoms with Gasteiger partial charge in [0.1, 0.15) is 15.5 Å². The van der Waals surface area contributed by atoms with Crippen LogP contribution in [0.5, 0.6) is 11.7 Å². The molecule has 2 aromatic carbocycles. The van der Waals surface area contributed by atoms with Gasteiger partial charge in [0.2, 0.25) is 0 Å². The predicted octanol–water partition coefficient (Wildman–Crippen LogP) is 3.65. The van der Waals surface area contributed by atoms with Crippen LogP contribution in [0.3, 0.4) is 0 Å². The molecule has 0 fully saturated rings. The highest BCUT2D eigenvalue weighted by molar-refractivity contribution is 7.21. The van der Waals surface area contributed by atoms with Crippen molar-refractivity contribution in [3.8, 4) is 34.1 Å². The first-order valence-corrected chi connectivity index (χ1v) is 11.2. The summed E-state index contributed by atoms with van der Waals surface area (Å²) in [6.45, 7) is 2.02. The van der Waals surface area contributed by atoms with Gasteiger partial charge in [0.15, 0.2) is 13.0 Å². The minimum absolute atomic E-state index is 0.189. The number of hydrogen-bond donors (Lipinski definition) is 1. The number of thiophene rings is 1. The first-order chi connectivity index (χ1) is 16.4. The van der Waals surface area contributed by atoms with E-state index in [-0.39, 0.29) is 16.3 Å². The van der Waals surface area contributed by atoms with E-state index in [9.17, 15) is 9.90 Å². The number of hydrogen-bond acceptors (Lipinski definition) is 8. The zero-order chi connectivity index (χ0) is 24.0. The maximum atomic E-state index is 13.2. The summed E-state index contributed by atoms with van der Waals surface area (Å²) < 4.78 is 11.0. The lowest BCUT2D eigenvalue weighted by molar-refractivity contribution is -0.741. The zero-order valence-electron chi connectivity index (χ0n) is 18.7. The standard InChI is InChI=1S/C25H20N4O4S/c1-13-4-6-14(7-5-13)17-12-18(15-8-10-16(32-3)11-9-15)27-24-19(17)20(26)23(34-24)22(30)21-25(31)33-28-29(21)2/h4-12H,1-3H3,(H2-,26,28,30,31). The Morgan fingerprint density at radius 3 is 2.41 bits per heavy atom. The van der Waals surface area contributed by atoms with E-state index < -0.39 is 11.7 Å². The molecule has 0 atom stereocenters. The number of rotatable bonds is 5. The summed E-state index contributed by atoms with van der Waals surface area (Å²) in [6, 6.07) is 17.6. The molecular formula is C25H20N4O4S. The Morgan fingerprint density at radius 2 is 1.79 bits per heavy atom. The van der Waals surface area contributed by atoms with E-state index in [1.807, 2.05) is 61.5 Å². The van der Waals surface area contributed by atoms with Crippen LogP contribution in [0.2, 0.25) is 0 Å². The molecular weight excluding hydrogens is 452 g/mol. The molecule has 0 saturated heterocycles. The Hall–Kier alpha value is -4.24. The van der Waals surface area contributed by atoms with E-state index in [0.29, 0.717) is 10.2 Å². The van der Waals surface area contributed by atoms with Crippen molar-refractivity contribution in [3.05, 3.63) is 70.7 Å². The van der Waals surface area contributed by atoms with E-state index in [1.165, 1.54) is 7.05 Å². The van der Waals surface area contributed by atoms with Gasteiger partial charge in [-0.25, -0.2) is 4.98 Å². The van der Waals surface area contributed by atoms with Gasteiger partial charge in [-0.15, -0.1) is 11.3 Å². The van der Waals surface area contributed by atoms with Crippen LogP contribution >= 0.6 is 11.3 Å². The summed E-state index contributed by atoms with van der Waals surface area (Å²) in [5.41, 5.74) is 11.1. The third-order valence-electron chi connectivity index (χ3n) is 5.63.